The molecule has 1 aromatic heterocycles. The van der Waals surface area contributed by atoms with Gasteiger partial charge < -0.3 is 15.4 Å². The van der Waals surface area contributed by atoms with Gasteiger partial charge in [-0.25, -0.2) is 9.67 Å². The van der Waals surface area contributed by atoms with Gasteiger partial charge in [-0.1, -0.05) is 18.2 Å². The summed E-state index contributed by atoms with van der Waals surface area (Å²) in [6.45, 7) is 9.26. The van der Waals surface area contributed by atoms with E-state index in [4.69, 9.17) is 9.73 Å². The van der Waals surface area contributed by atoms with E-state index >= 15 is 0 Å². The van der Waals surface area contributed by atoms with Crippen LogP contribution in [0.15, 0.2) is 35.3 Å². The van der Waals surface area contributed by atoms with Gasteiger partial charge in [0.1, 0.15) is 0 Å². The summed E-state index contributed by atoms with van der Waals surface area (Å²) < 4.78 is 7.67. The van der Waals surface area contributed by atoms with Crippen LogP contribution >= 0.6 is 0 Å². The molecule has 6 nitrogen and oxygen atoms in total. The highest BCUT2D eigenvalue weighted by Crippen LogP contribution is 2.18. The van der Waals surface area contributed by atoms with Crippen molar-refractivity contribution in [2.24, 2.45) is 4.99 Å². The van der Waals surface area contributed by atoms with E-state index in [0.717, 1.165) is 61.1 Å². The van der Waals surface area contributed by atoms with Gasteiger partial charge in [-0.15, -0.1) is 0 Å². The summed E-state index contributed by atoms with van der Waals surface area (Å²) in [5.74, 6) is 0.825. The molecule has 1 aliphatic rings. The highest BCUT2D eigenvalue weighted by molar-refractivity contribution is 5.79. The third-order valence-electron chi connectivity index (χ3n) is 4.50. The van der Waals surface area contributed by atoms with Gasteiger partial charge in [0.05, 0.1) is 24.0 Å². The van der Waals surface area contributed by atoms with Crippen LogP contribution in [-0.2, 0) is 11.3 Å². The summed E-state index contributed by atoms with van der Waals surface area (Å²) in [5, 5.41) is 11.3. The number of aliphatic imine (C=N–C) groups is 1. The van der Waals surface area contributed by atoms with E-state index in [1.165, 1.54) is 0 Å². The van der Waals surface area contributed by atoms with Crippen molar-refractivity contribution in [2.75, 3.05) is 19.7 Å². The van der Waals surface area contributed by atoms with E-state index in [1.807, 2.05) is 23.7 Å². The molecule has 1 atom stereocenters. The Hall–Kier alpha value is -2.34. The number of benzene rings is 1. The van der Waals surface area contributed by atoms with Crippen molar-refractivity contribution in [1.29, 1.82) is 0 Å². The van der Waals surface area contributed by atoms with Crippen molar-refractivity contribution in [2.45, 2.75) is 46.3 Å². The topological polar surface area (TPSA) is 63.5 Å². The number of nitrogens with one attached hydrogen (secondary N) is 2. The first kappa shape index (κ1) is 18.5. The van der Waals surface area contributed by atoms with Crippen LogP contribution in [-0.4, -0.2) is 41.5 Å². The molecule has 0 bridgehead atoms. The van der Waals surface area contributed by atoms with E-state index in [9.17, 15) is 0 Å². The molecule has 0 spiro atoms. The van der Waals surface area contributed by atoms with E-state index in [1.54, 1.807) is 0 Å². The van der Waals surface area contributed by atoms with Crippen LogP contribution in [0.5, 0.6) is 0 Å². The Morgan fingerprint density at radius 2 is 2.15 bits per heavy atom. The SMILES string of the molecule is CCNC(=NCc1ccccc1-n1nc(C)cc1C)NCC1CCCO1. The van der Waals surface area contributed by atoms with E-state index in [0.29, 0.717) is 12.6 Å². The Balaban J connectivity index is 1.73. The predicted molar refractivity (Wildman–Crippen MR) is 105 cm³/mol. The van der Waals surface area contributed by atoms with Crippen LogP contribution in [0.2, 0.25) is 0 Å². The zero-order valence-electron chi connectivity index (χ0n) is 16.0. The first-order valence-corrected chi connectivity index (χ1v) is 9.42. The maximum atomic E-state index is 5.68. The van der Waals surface area contributed by atoms with Crippen molar-refractivity contribution in [3.8, 4) is 5.69 Å². The molecule has 1 aliphatic heterocycles. The van der Waals surface area contributed by atoms with Crippen molar-refractivity contribution in [3.63, 3.8) is 0 Å². The van der Waals surface area contributed by atoms with E-state index in [2.05, 4.69) is 47.8 Å². The Bertz CT molecular complexity index is 746. The van der Waals surface area contributed by atoms with Crippen LogP contribution in [0.1, 0.15) is 36.7 Å². The molecule has 0 amide bonds. The molecule has 2 aromatic rings. The first-order chi connectivity index (χ1) is 12.7. The van der Waals surface area contributed by atoms with E-state index < -0.39 is 0 Å². The molecule has 0 aliphatic carbocycles. The summed E-state index contributed by atoms with van der Waals surface area (Å²) in [4.78, 5) is 4.77. The predicted octanol–water partition coefficient (Wildman–Crippen LogP) is 2.72. The minimum Gasteiger partial charge on any atom is -0.376 e. The van der Waals surface area contributed by atoms with Crippen molar-refractivity contribution < 1.29 is 4.74 Å². The molecule has 2 heterocycles. The smallest absolute Gasteiger partial charge is 0.191 e. The minimum atomic E-state index is 0.292. The summed E-state index contributed by atoms with van der Waals surface area (Å²) in [6.07, 6.45) is 2.56. The van der Waals surface area contributed by atoms with Gasteiger partial charge in [0.15, 0.2) is 5.96 Å². The second kappa shape index (κ2) is 8.85. The lowest BCUT2D eigenvalue weighted by Gasteiger charge is -2.15. The molecule has 140 valence electrons. The molecule has 1 fully saturated rings. The summed E-state index contributed by atoms with van der Waals surface area (Å²) >= 11 is 0. The van der Waals surface area contributed by atoms with Crippen LogP contribution in [0.4, 0.5) is 0 Å². The van der Waals surface area contributed by atoms with Gasteiger partial charge >= 0.3 is 0 Å². The first-order valence-electron chi connectivity index (χ1n) is 9.42. The molecule has 3 rings (SSSR count). The third-order valence-corrected chi connectivity index (χ3v) is 4.50. The number of hydrogen-bond acceptors (Lipinski definition) is 3. The highest BCUT2D eigenvalue weighted by atomic mass is 16.5. The second-order valence-electron chi connectivity index (χ2n) is 6.68. The average molecular weight is 355 g/mol. The molecular weight excluding hydrogens is 326 g/mol. The van der Waals surface area contributed by atoms with Gasteiger partial charge in [-0.3, -0.25) is 0 Å². The quantitative estimate of drug-likeness (QED) is 0.618. The number of aromatic nitrogens is 2. The van der Waals surface area contributed by atoms with Gasteiger partial charge in [0.2, 0.25) is 0 Å². The Morgan fingerprint density at radius 3 is 2.85 bits per heavy atom. The average Bonchev–Trinajstić information content (AvgIpc) is 3.27. The Kier molecular flexibility index (Phi) is 6.28. The summed E-state index contributed by atoms with van der Waals surface area (Å²) in [7, 11) is 0. The normalized spacial score (nSPS) is 17.5. The zero-order chi connectivity index (χ0) is 18.4. The Morgan fingerprint density at radius 1 is 1.31 bits per heavy atom. The highest BCUT2D eigenvalue weighted by Gasteiger charge is 2.15. The molecule has 1 unspecified atom stereocenters. The number of aryl methyl sites for hydroxylation is 2. The van der Waals surface area contributed by atoms with Crippen LogP contribution in [0.25, 0.3) is 5.69 Å². The lowest BCUT2D eigenvalue weighted by atomic mass is 10.2. The van der Waals surface area contributed by atoms with Crippen molar-refractivity contribution >= 4 is 5.96 Å². The van der Waals surface area contributed by atoms with Crippen LogP contribution in [0.3, 0.4) is 0 Å². The largest absolute Gasteiger partial charge is 0.376 e. The van der Waals surface area contributed by atoms with E-state index in [-0.39, 0.29) is 0 Å². The lowest BCUT2D eigenvalue weighted by Crippen LogP contribution is -2.41. The number of para-hydroxylation sites is 1. The monoisotopic (exact) mass is 355 g/mol. The van der Waals surface area contributed by atoms with Crippen molar-refractivity contribution in [3.05, 3.63) is 47.3 Å². The maximum Gasteiger partial charge on any atom is 0.191 e. The maximum absolute atomic E-state index is 5.68. The Labute approximate surface area is 155 Å². The number of nitrogens with zero attached hydrogens (tertiary/aromatic N) is 3. The molecule has 2 N–H and O–H groups in total. The lowest BCUT2D eigenvalue weighted by molar-refractivity contribution is 0.114. The fourth-order valence-electron chi connectivity index (χ4n) is 3.25. The fourth-order valence-corrected chi connectivity index (χ4v) is 3.25. The van der Waals surface area contributed by atoms with Gasteiger partial charge in [-0.2, -0.15) is 5.10 Å². The van der Waals surface area contributed by atoms with Gasteiger partial charge in [0, 0.05) is 25.4 Å². The molecule has 0 saturated carbocycles. The molecule has 1 aromatic carbocycles. The molecular formula is C20H29N5O. The van der Waals surface area contributed by atoms with Gasteiger partial charge in [-0.05, 0) is 51.3 Å². The molecule has 1 saturated heterocycles. The third kappa shape index (κ3) is 4.64. The number of ether oxygens (including phenoxy) is 1. The number of hydrogen-bond donors (Lipinski definition) is 2. The van der Waals surface area contributed by atoms with Gasteiger partial charge in [0.25, 0.3) is 0 Å². The van der Waals surface area contributed by atoms with Crippen molar-refractivity contribution in [1.82, 2.24) is 20.4 Å². The fraction of sp³-hybridized carbons (Fsp3) is 0.500. The number of guanidine groups is 1. The summed E-state index contributed by atoms with van der Waals surface area (Å²) in [6, 6.07) is 10.4. The number of rotatable bonds is 6. The molecule has 26 heavy (non-hydrogen) atoms. The summed E-state index contributed by atoms with van der Waals surface area (Å²) in [5.41, 5.74) is 4.37. The standard InChI is InChI=1S/C20H29N5O/c1-4-21-20(23-14-18-9-7-11-26-18)22-13-17-8-5-6-10-19(17)25-16(3)12-15(2)24-25/h5-6,8,10,12,18H,4,7,9,11,13-14H2,1-3H3,(H2,21,22,23). The molecule has 6 heteroatoms. The van der Waals surface area contributed by atoms with Crippen LogP contribution < -0.4 is 10.6 Å². The second-order valence-corrected chi connectivity index (χ2v) is 6.68. The minimum absolute atomic E-state index is 0.292. The molecule has 0 radical (unpaired) electrons. The zero-order valence-corrected chi connectivity index (χ0v) is 16.0. The van der Waals surface area contributed by atoms with Crippen LogP contribution in [0, 0.1) is 13.8 Å².